The lowest BCUT2D eigenvalue weighted by Gasteiger charge is -2.16. The van der Waals surface area contributed by atoms with E-state index >= 15 is 0 Å². The maximum atomic E-state index is 12.4. The van der Waals surface area contributed by atoms with Gasteiger partial charge in [-0.05, 0) is 24.3 Å². The number of nitrogens with one attached hydrogen (secondary N) is 1. The second-order valence-electron chi connectivity index (χ2n) is 7.62. The van der Waals surface area contributed by atoms with Gasteiger partial charge in [-0.15, -0.1) is 11.8 Å². The second kappa shape index (κ2) is 11.9. The summed E-state index contributed by atoms with van der Waals surface area (Å²) in [4.78, 5) is 21.3. The molecular formula is C28H24N4O3S. The zero-order chi connectivity index (χ0) is 25.3. The monoisotopic (exact) mass is 496 g/mol. The minimum Gasteiger partial charge on any atom is -0.493 e. The van der Waals surface area contributed by atoms with Crippen LogP contribution in [0, 0.1) is 11.3 Å². The first-order valence-electron chi connectivity index (χ1n) is 11.2. The lowest BCUT2D eigenvalue weighted by molar-refractivity contribution is -0.115. The van der Waals surface area contributed by atoms with Gasteiger partial charge in [0.05, 0.1) is 25.5 Å². The van der Waals surface area contributed by atoms with Crippen LogP contribution in [0.4, 0.5) is 5.82 Å². The average molecular weight is 497 g/mol. The Balaban J connectivity index is 1.70. The van der Waals surface area contributed by atoms with Crippen LogP contribution in [0.2, 0.25) is 0 Å². The van der Waals surface area contributed by atoms with Gasteiger partial charge >= 0.3 is 0 Å². The highest BCUT2D eigenvalue weighted by atomic mass is 32.2. The van der Waals surface area contributed by atoms with E-state index in [0.29, 0.717) is 39.2 Å². The zero-order valence-electron chi connectivity index (χ0n) is 19.9. The van der Waals surface area contributed by atoms with Crippen LogP contribution in [0.15, 0.2) is 84.0 Å². The van der Waals surface area contributed by atoms with Crippen LogP contribution < -0.4 is 14.8 Å². The number of thioether (sulfide) groups is 1. The number of nitrogens with zero attached hydrogens (tertiary/aromatic N) is 3. The first-order chi connectivity index (χ1) is 17.6. The molecule has 2 aromatic heterocycles. The van der Waals surface area contributed by atoms with Crippen LogP contribution in [-0.2, 0) is 4.79 Å². The van der Waals surface area contributed by atoms with Gasteiger partial charge < -0.3 is 14.8 Å². The fourth-order valence-corrected chi connectivity index (χ4v) is 4.63. The number of nitriles is 1. The molecule has 180 valence electrons. The Hall–Kier alpha value is -4.35. The highest BCUT2D eigenvalue weighted by Crippen LogP contribution is 2.42. The average Bonchev–Trinajstić information content (AvgIpc) is 2.93. The molecule has 0 aliphatic rings. The molecule has 0 radical (unpaired) electrons. The van der Waals surface area contributed by atoms with E-state index in [1.54, 1.807) is 32.5 Å². The van der Waals surface area contributed by atoms with Crippen LogP contribution in [0.1, 0.15) is 12.0 Å². The minimum atomic E-state index is -0.159. The number of amides is 1. The summed E-state index contributed by atoms with van der Waals surface area (Å²) >= 11 is 1.36. The molecule has 0 spiro atoms. The van der Waals surface area contributed by atoms with Crippen molar-refractivity contribution in [2.45, 2.75) is 11.4 Å². The maximum absolute atomic E-state index is 12.4. The number of rotatable bonds is 9. The van der Waals surface area contributed by atoms with Crippen molar-refractivity contribution in [3.63, 3.8) is 0 Å². The Bertz CT molecular complexity index is 1390. The molecule has 2 aromatic carbocycles. The van der Waals surface area contributed by atoms with Gasteiger partial charge in [-0.25, -0.2) is 9.97 Å². The summed E-state index contributed by atoms with van der Waals surface area (Å²) in [6.45, 7) is 0. The number of methoxy groups -OCH3 is 2. The van der Waals surface area contributed by atoms with Crippen LogP contribution >= 0.6 is 11.8 Å². The van der Waals surface area contributed by atoms with Crippen molar-refractivity contribution in [3.05, 3.63) is 84.6 Å². The molecule has 0 aliphatic carbocycles. The molecule has 2 heterocycles. The van der Waals surface area contributed by atoms with Gasteiger partial charge in [0.2, 0.25) is 5.91 Å². The van der Waals surface area contributed by atoms with Crippen molar-refractivity contribution in [3.8, 4) is 40.0 Å². The minimum absolute atomic E-state index is 0.159. The van der Waals surface area contributed by atoms with E-state index in [0.717, 1.165) is 16.8 Å². The molecule has 36 heavy (non-hydrogen) atoms. The van der Waals surface area contributed by atoms with Crippen molar-refractivity contribution < 1.29 is 14.3 Å². The van der Waals surface area contributed by atoms with Gasteiger partial charge in [-0.2, -0.15) is 5.26 Å². The Morgan fingerprint density at radius 3 is 2.50 bits per heavy atom. The van der Waals surface area contributed by atoms with Crippen molar-refractivity contribution >= 4 is 23.5 Å². The first kappa shape index (κ1) is 24.8. The number of carbonyl (C=O) groups is 1. The van der Waals surface area contributed by atoms with Crippen LogP contribution in [0.5, 0.6) is 11.5 Å². The molecule has 0 saturated carbocycles. The van der Waals surface area contributed by atoms with Gasteiger partial charge in [-0.3, -0.25) is 4.79 Å². The highest BCUT2D eigenvalue weighted by molar-refractivity contribution is 7.99. The normalized spacial score (nSPS) is 10.4. The Labute approximate surface area is 214 Å². The molecule has 0 unspecified atom stereocenters. The van der Waals surface area contributed by atoms with Gasteiger partial charge in [0, 0.05) is 35.1 Å². The van der Waals surface area contributed by atoms with Crippen LogP contribution in [0.25, 0.3) is 22.4 Å². The zero-order valence-corrected chi connectivity index (χ0v) is 20.7. The summed E-state index contributed by atoms with van der Waals surface area (Å²) in [5.41, 5.74) is 3.45. The number of benzene rings is 2. The number of hydrogen-bond donors (Lipinski definition) is 1. The Morgan fingerprint density at radius 2 is 1.81 bits per heavy atom. The van der Waals surface area contributed by atoms with E-state index in [9.17, 15) is 10.1 Å². The van der Waals surface area contributed by atoms with Gasteiger partial charge in [0.25, 0.3) is 0 Å². The van der Waals surface area contributed by atoms with E-state index in [4.69, 9.17) is 14.5 Å². The van der Waals surface area contributed by atoms with Crippen molar-refractivity contribution in [1.82, 2.24) is 9.97 Å². The summed E-state index contributed by atoms with van der Waals surface area (Å²) in [6.07, 6.45) is 1.86. The van der Waals surface area contributed by atoms with Crippen molar-refractivity contribution in [2.24, 2.45) is 0 Å². The third kappa shape index (κ3) is 5.65. The molecule has 1 N–H and O–H groups in total. The number of hydrogen-bond acceptors (Lipinski definition) is 7. The molecule has 0 bridgehead atoms. The standard InChI is InChI=1S/C28H24N4O3S/c1-34-24-12-8-11-20(27(24)35-2)21-17-23(19-9-4-3-5-10-19)31-28(22(21)18-29)36-16-14-26(33)32-25-13-6-7-15-30-25/h3-13,15,17H,14,16H2,1-2H3,(H,30,32,33). The second-order valence-corrected chi connectivity index (χ2v) is 8.70. The number of para-hydroxylation sites is 1. The largest absolute Gasteiger partial charge is 0.493 e. The molecule has 1 amide bonds. The number of carbonyl (C=O) groups excluding carboxylic acids is 1. The molecule has 0 aliphatic heterocycles. The van der Waals surface area contributed by atoms with E-state index in [2.05, 4.69) is 16.4 Å². The third-order valence-corrected chi connectivity index (χ3v) is 6.34. The van der Waals surface area contributed by atoms with Gasteiger partial charge in [0.15, 0.2) is 11.5 Å². The first-order valence-corrected chi connectivity index (χ1v) is 12.2. The predicted octanol–water partition coefficient (Wildman–Crippen LogP) is 5.82. The summed E-state index contributed by atoms with van der Waals surface area (Å²) in [7, 11) is 3.15. The summed E-state index contributed by atoms with van der Waals surface area (Å²) in [5.74, 6) is 1.88. The van der Waals surface area contributed by atoms with Crippen molar-refractivity contribution in [2.75, 3.05) is 25.3 Å². The molecule has 0 fully saturated rings. The molecule has 0 saturated heterocycles. The summed E-state index contributed by atoms with van der Waals surface area (Å²) < 4.78 is 11.1. The molecule has 4 aromatic rings. The summed E-state index contributed by atoms with van der Waals surface area (Å²) in [5, 5.41) is 13.5. The fourth-order valence-electron chi connectivity index (χ4n) is 3.69. The van der Waals surface area contributed by atoms with E-state index in [-0.39, 0.29) is 12.3 Å². The van der Waals surface area contributed by atoms with Gasteiger partial charge in [-0.1, -0.05) is 48.5 Å². The lowest BCUT2D eigenvalue weighted by atomic mass is 9.98. The lowest BCUT2D eigenvalue weighted by Crippen LogP contribution is -2.13. The van der Waals surface area contributed by atoms with E-state index < -0.39 is 0 Å². The number of anilines is 1. The van der Waals surface area contributed by atoms with Crippen LogP contribution in [-0.4, -0.2) is 35.8 Å². The number of ether oxygens (including phenoxy) is 2. The number of aromatic nitrogens is 2. The molecule has 0 atom stereocenters. The predicted molar refractivity (Wildman–Crippen MR) is 141 cm³/mol. The smallest absolute Gasteiger partial charge is 0.226 e. The van der Waals surface area contributed by atoms with E-state index in [1.807, 2.05) is 60.7 Å². The van der Waals surface area contributed by atoms with Crippen LogP contribution in [0.3, 0.4) is 0 Å². The Morgan fingerprint density at radius 1 is 1.00 bits per heavy atom. The maximum Gasteiger partial charge on any atom is 0.226 e. The summed E-state index contributed by atoms with van der Waals surface area (Å²) in [6, 6.07) is 24.9. The quantitative estimate of drug-likeness (QED) is 0.292. The number of pyridine rings is 2. The van der Waals surface area contributed by atoms with Crippen molar-refractivity contribution in [1.29, 1.82) is 5.26 Å². The molecule has 8 heteroatoms. The third-order valence-electron chi connectivity index (χ3n) is 5.36. The SMILES string of the molecule is COc1cccc(-c2cc(-c3ccccc3)nc(SCCC(=O)Nc3ccccn3)c2C#N)c1OC. The topological polar surface area (TPSA) is 97.1 Å². The van der Waals surface area contributed by atoms with Gasteiger partial charge in [0.1, 0.15) is 16.9 Å². The molecular weight excluding hydrogens is 472 g/mol. The molecule has 4 rings (SSSR count). The fraction of sp³-hybridized carbons (Fsp3) is 0.143. The molecule has 7 nitrogen and oxygen atoms in total. The highest BCUT2D eigenvalue weighted by Gasteiger charge is 2.20. The Kier molecular flexibility index (Phi) is 8.16. The van der Waals surface area contributed by atoms with E-state index in [1.165, 1.54) is 11.8 Å².